The SMILES string of the molecule is CCc1nc(SCc2noc(CCC(=O)Nc3ccc(C)c(C)c3)n2)n[nH]1. The highest BCUT2D eigenvalue weighted by molar-refractivity contribution is 7.98. The van der Waals surface area contributed by atoms with E-state index in [1.165, 1.54) is 17.3 Å². The monoisotopic (exact) mass is 386 g/mol. The second-order valence-electron chi connectivity index (χ2n) is 6.16. The van der Waals surface area contributed by atoms with Crippen molar-refractivity contribution < 1.29 is 9.32 Å². The highest BCUT2D eigenvalue weighted by atomic mass is 32.2. The van der Waals surface area contributed by atoms with E-state index >= 15 is 0 Å². The molecule has 2 heterocycles. The van der Waals surface area contributed by atoms with Gasteiger partial charge in [0.1, 0.15) is 5.82 Å². The molecule has 27 heavy (non-hydrogen) atoms. The average Bonchev–Trinajstić information content (AvgIpc) is 3.30. The third kappa shape index (κ3) is 5.40. The van der Waals surface area contributed by atoms with Crippen LogP contribution in [0.1, 0.15) is 42.0 Å². The molecule has 1 aromatic carbocycles. The molecule has 3 rings (SSSR count). The Labute approximate surface area is 161 Å². The molecule has 9 heteroatoms. The van der Waals surface area contributed by atoms with Crippen molar-refractivity contribution in [3.05, 3.63) is 46.9 Å². The van der Waals surface area contributed by atoms with Crippen LogP contribution >= 0.6 is 11.8 Å². The number of nitrogens with zero attached hydrogens (tertiary/aromatic N) is 4. The molecule has 1 amide bonds. The minimum atomic E-state index is -0.0832. The molecule has 0 aliphatic heterocycles. The summed E-state index contributed by atoms with van der Waals surface area (Å²) >= 11 is 1.43. The molecule has 8 nitrogen and oxygen atoms in total. The van der Waals surface area contributed by atoms with E-state index in [1.54, 1.807) is 0 Å². The molecule has 0 atom stereocenters. The van der Waals surface area contributed by atoms with Crippen molar-refractivity contribution in [1.82, 2.24) is 25.3 Å². The van der Waals surface area contributed by atoms with Crippen LogP contribution in [-0.2, 0) is 23.4 Å². The third-order valence-corrected chi connectivity index (χ3v) is 4.89. The van der Waals surface area contributed by atoms with Crippen molar-refractivity contribution in [1.29, 1.82) is 0 Å². The smallest absolute Gasteiger partial charge is 0.227 e. The summed E-state index contributed by atoms with van der Waals surface area (Å²) in [6.07, 6.45) is 1.49. The van der Waals surface area contributed by atoms with Gasteiger partial charge in [-0.25, -0.2) is 4.98 Å². The van der Waals surface area contributed by atoms with Crippen LogP contribution in [0.25, 0.3) is 0 Å². The van der Waals surface area contributed by atoms with Gasteiger partial charge in [0.15, 0.2) is 5.82 Å². The maximum Gasteiger partial charge on any atom is 0.227 e. The van der Waals surface area contributed by atoms with Gasteiger partial charge in [0.05, 0.1) is 5.75 Å². The second-order valence-corrected chi connectivity index (χ2v) is 7.10. The molecule has 0 spiro atoms. The normalized spacial score (nSPS) is 10.9. The molecule has 0 aliphatic carbocycles. The fourth-order valence-corrected chi connectivity index (χ4v) is 3.00. The molecule has 142 valence electrons. The van der Waals surface area contributed by atoms with E-state index in [4.69, 9.17) is 4.52 Å². The number of hydrogen-bond acceptors (Lipinski definition) is 7. The van der Waals surface area contributed by atoms with Crippen molar-refractivity contribution in [2.45, 2.75) is 50.9 Å². The van der Waals surface area contributed by atoms with E-state index in [0.717, 1.165) is 23.5 Å². The van der Waals surface area contributed by atoms with Crippen molar-refractivity contribution >= 4 is 23.4 Å². The zero-order valence-corrected chi connectivity index (χ0v) is 16.4. The summed E-state index contributed by atoms with van der Waals surface area (Å²) in [7, 11) is 0. The number of aryl methyl sites for hydroxylation is 4. The Kier molecular flexibility index (Phi) is 6.23. The van der Waals surface area contributed by atoms with E-state index in [9.17, 15) is 4.79 Å². The fourth-order valence-electron chi connectivity index (χ4n) is 2.34. The molecular weight excluding hydrogens is 364 g/mol. The molecule has 0 bridgehead atoms. The second kappa shape index (κ2) is 8.81. The first kappa shape index (κ1) is 19.1. The number of carbonyl (C=O) groups excluding carboxylic acids is 1. The Bertz CT molecular complexity index is 920. The molecular formula is C18H22N6O2S. The molecule has 0 saturated carbocycles. The zero-order chi connectivity index (χ0) is 19.2. The zero-order valence-electron chi connectivity index (χ0n) is 15.6. The average molecular weight is 386 g/mol. The number of benzene rings is 1. The first-order valence-electron chi connectivity index (χ1n) is 8.76. The van der Waals surface area contributed by atoms with Crippen molar-refractivity contribution in [3.8, 4) is 0 Å². The number of carbonyl (C=O) groups is 1. The number of aromatic nitrogens is 5. The first-order chi connectivity index (χ1) is 13.0. The number of nitrogens with one attached hydrogen (secondary N) is 2. The van der Waals surface area contributed by atoms with E-state index in [0.29, 0.717) is 29.0 Å². The molecule has 2 N–H and O–H groups in total. The largest absolute Gasteiger partial charge is 0.339 e. The summed E-state index contributed by atoms with van der Waals surface area (Å²) in [5.74, 6) is 2.29. The minimum Gasteiger partial charge on any atom is -0.339 e. The van der Waals surface area contributed by atoms with Gasteiger partial charge >= 0.3 is 0 Å². The summed E-state index contributed by atoms with van der Waals surface area (Å²) in [5, 5.41) is 14.5. The van der Waals surface area contributed by atoms with Gasteiger partial charge in [-0.05, 0) is 37.1 Å². The standard InChI is InChI=1S/C18H22N6O2S/c1-4-14-21-18(23-22-14)27-10-15-20-17(26-24-15)8-7-16(25)19-13-6-5-11(2)12(3)9-13/h5-6,9H,4,7-8,10H2,1-3H3,(H,19,25)(H,21,22,23). The van der Waals surface area contributed by atoms with Crippen molar-refractivity contribution in [2.24, 2.45) is 0 Å². The van der Waals surface area contributed by atoms with Gasteiger partial charge in [-0.2, -0.15) is 4.98 Å². The molecule has 0 aliphatic rings. The number of amides is 1. The van der Waals surface area contributed by atoms with Crippen LogP contribution in [0.15, 0.2) is 27.9 Å². The first-order valence-corrected chi connectivity index (χ1v) is 9.74. The predicted molar refractivity (Wildman–Crippen MR) is 102 cm³/mol. The lowest BCUT2D eigenvalue weighted by Gasteiger charge is -2.06. The maximum absolute atomic E-state index is 12.1. The molecule has 0 saturated heterocycles. The Morgan fingerprint density at radius 2 is 2.11 bits per heavy atom. The van der Waals surface area contributed by atoms with Crippen LogP contribution in [0, 0.1) is 13.8 Å². The summed E-state index contributed by atoms with van der Waals surface area (Å²) in [5.41, 5.74) is 3.13. The number of rotatable bonds is 8. The van der Waals surface area contributed by atoms with Gasteiger partial charge in [-0.1, -0.05) is 29.9 Å². The Morgan fingerprint density at radius 3 is 2.85 bits per heavy atom. The van der Waals surface area contributed by atoms with E-state index in [-0.39, 0.29) is 12.3 Å². The highest BCUT2D eigenvalue weighted by Crippen LogP contribution is 2.18. The summed E-state index contributed by atoms with van der Waals surface area (Å²) in [6, 6.07) is 5.85. The lowest BCUT2D eigenvalue weighted by molar-refractivity contribution is -0.116. The fraction of sp³-hybridized carbons (Fsp3) is 0.389. The van der Waals surface area contributed by atoms with Crippen LogP contribution in [0.2, 0.25) is 0 Å². The third-order valence-electron chi connectivity index (χ3n) is 4.04. The minimum absolute atomic E-state index is 0.0832. The highest BCUT2D eigenvalue weighted by Gasteiger charge is 2.11. The van der Waals surface area contributed by atoms with Gasteiger partial charge < -0.3 is 9.84 Å². The Balaban J connectivity index is 1.45. The van der Waals surface area contributed by atoms with Crippen molar-refractivity contribution in [3.63, 3.8) is 0 Å². The molecule has 3 aromatic rings. The topological polar surface area (TPSA) is 110 Å². The van der Waals surface area contributed by atoms with Gasteiger partial charge in [0.25, 0.3) is 0 Å². The van der Waals surface area contributed by atoms with Crippen molar-refractivity contribution in [2.75, 3.05) is 5.32 Å². The van der Waals surface area contributed by atoms with Crippen LogP contribution < -0.4 is 5.32 Å². The number of hydrogen-bond donors (Lipinski definition) is 2. The summed E-state index contributed by atoms with van der Waals surface area (Å²) < 4.78 is 5.21. The quantitative estimate of drug-likeness (QED) is 0.572. The predicted octanol–water partition coefficient (Wildman–Crippen LogP) is 3.23. The molecule has 0 radical (unpaired) electrons. The van der Waals surface area contributed by atoms with E-state index in [2.05, 4.69) is 30.6 Å². The number of aromatic amines is 1. The summed E-state index contributed by atoms with van der Waals surface area (Å²) in [4.78, 5) is 20.7. The molecule has 0 fully saturated rings. The van der Waals surface area contributed by atoms with Gasteiger partial charge in [0, 0.05) is 24.9 Å². The van der Waals surface area contributed by atoms with Crippen LogP contribution in [0.4, 0.5) is 5.69 Å². The van der Waals surface area contributed by atoms with E-state index in [1.807, 2.05) is 39.0 Å². The van der Waals surface area contributed by atoms with Crippen LogP contribution in [0.3, 0.4) is 0 Å². The number of thioether (sulfide) groups is 1. The molecule has 0 unspecified atom stereocenters. The maximum atomic E-state index is 12.1. The van der Waals surface area contributed by atoms with Crippen LogP contribution in [0.5, 0.6) is 0 Å². The number of H-pyrrole nitrogens is 1. The number of anilines is 1. The Hall–Kier alpha value is -2.68. The van der Waals surface area contributed by atoms with Gasteiger partial charge in [-0.15, -0.1) is 5.10 Å². The van der Waals surface area contributed by atoms with E-state index < -0.39 is 0 Å². The Morgan fingerprint density at radius 1 is 1.26 bits per heavy atom. The molecule has 2 aromatic heterocycles. The summed E-state index contributed by atoms with van der Waals surface area (Å²) in [6.45, 7) is 6.07. The lowest BCUT2D eigenvalue weighted by Crippen LogP contribution is -2.12. The van der Waals surface area contributed by atoms with Gasteiger partial charge in [-0.3, -0.25) is 9.89 Å². The van der Waals surface area contributed by atoms with Gasteiger partial charge in [0.2, 0.25) is 17.0 Å². The van der Waals surface area contributed by atoms with Crippen LogP contribution in [-0.4, -0.2) is 31.2 Å². The lowest BCUT2D eigenvalue weighted by atomic mass is 10.1.